The number of carbonyl (C=O) groups excluding carboxylic acids is 1. The Morgan fingerprint density at radius 1 is 1.25 bits per heavy atom. The molecule has 0 spiro atoms. The van der Waals surface area contributed by atoms with E-state index in [1.165, 1.54) is 19.3 Å². The third kappa shape index (κ3) is 7.68. The first kappa shape index (κ1) is 17.2. The molecule has 1 N–H and O–H groups in total. The van der Waals surface area contributed by atoms with Crippen molar-refractivity contribution in [3.63, 3.8) is 0 Å². The molecule has 20 heavy (non-hydrogen) atoms. The average Bonchev–Trinajstić information content (AvgIpc) is 2.39. The van der Waals surface area contributed by atoms with Crippen molar-refractivity contribution in [3.05, 3.63) is 28.0 Å². The van der Waals surface area contributed by atoms with Crippen LogP contribution in [0.2, 0.25) is 10.3 Å². The number of aromatic nitrogens is 1. The second kappa shape index (κ2) is 9.97. The highest BCUT2D eigenvalue weighted by atomic mass is 35.5. The number of nitrogens with zero attached hydrogens (tertiary/aromatic N) is 1. The van der Waals surface area contributed by atoms with Crippen molar-refractivity contribution in [3.8, 4) is 0 Å². The monoisotopic (exact) mass is 318 g/mol. The summed E-state index contributed by atoms with van der Waals surface area (Å²) in [5.74, 6) is -0.287. The van der Waals surface area contributed by atoms with Crippen LogP contribution in [0, 0.1) is 0 Å². The Kier molecular flexibility index (Phi) is 8.58. The molecule has 1 heterocycles. The zero-order chi connectivity index (χ0) is 14.8. The number of ether oxygens (including phenoxy) is 1. The van der Waals surface area contributed by atoms with Gasteiger partial charge < -0.3 is 10.1 Å². The molecule has 0 aliphatic carbocycles. The molecular weight excluding hydrogens is 299 g/mol. The second-order valence-corrected chi connectivity index (χ2v) is 5.29. The lowest BCUT2D eigenvalue weighted by molar-refractivity contribution is -0.143. The van der Waals surface area contributed by atoms with E-state index < -0.39 is 0 Å². The molecule has 0 aliphatic rings. The third-order valence-electron chi connectivity index (χ3n) is 2.70. The lowest BCUT2D eigenvalue weighted by Gasteiger charge is -2.07. The largest absolute Gasteiger partial charge is 0.460 e. The summed E-state index contributed by atoms with van der Waals surface area (Å²) in [6.45, 7) is 3.38. The van der Waals surface area contributed by atoms with Gasteiger partial charge in [-0.1, -0.05) is 49.4 Å². The van der Waals surface area contributed by atoms with E-state index in [0.29, 0.717) is 0 Å². The van der Waals surface area contributed by atoms with Gasteiger partial charge in [-0.2, -0.15) is 0 Å². The predicted molar refractivity (Wildman–Crippen MR) is 81.1 cm³/mol. The molecule has 0 radical (unpaired) electrons. The zero-order valence-electron chi connectivity index (χ0n) is 11.6. The molecule has 0 saturated heterocycles. The Labute approximate surface area is 129 Å². The summed E-state index contributed by atoms with van der Waals surface area (Å²) in [6, 6.07) is 3.25. The van der Waals surface area contributed by atoms with E-state index in [1.54, 1.807) is 12.1 Å². The highest BCUT2D eigenvalue weighted by Crippen LogP contribution is 2.15. The van der Waals surface area contributed by atoms with Crippen LogP contribution in [0.3, 0.4) is 0 Å². The molecule has 0 bridgehead atoms. The third-order valence-corrected chi connectivity index (χ3v) is 3.09. The summed E-state index contributed by atoms with van der Waals surface area (Å²) >= 11 is 11.5. The van der Waals surface area contributed by atoms with Crippen LogP contribution in [0.15, 0.2) is 12.1 Å². The normalized spacial score (nSPS) is 10.6. The molecular formula is C14H20Cl2N2O2. The van der Waals surface area contributed by atoms with Crippen LogP contribution in [0.5, 0.6) is 0 Å². The molecule has 1 rings (SSSR count). The van der Waals surface area contributed by atoms with Gasteiger partial charge in [0.05, 0.1) is 6.54 Å². The SMILES string of the molecule is CCCCCCNCC(=O)OCc1cc(Cl)nc(Cl)c1. The first-order valence-corrected chi connectivity index (χ1v) is 7.55. The zero-order valence-corrected chi connectivity index (χ0v) is 13.1. The maximum absolute atomic E-state index is 11.5. The minimum absolute atomic E-state index is 0.151. The number of pyridine rings is 1. The van der Waals surface area contributed by atoms with Crippen LogP contribution in [0.4, 0.5) is 0 Å². The van der Waals surface area contributed by atoms with Crippen LogP contribution in [-0.4, -0.2) is 24.0 Å². The van der Waals surface area contributed by atoms with Crippen molar-refractivity contribution in [1.82, 2.24) is 10.3 Å². The molecule has 112 valence electrons. The number of hydrogen-bond acceptors (Lipinski definition) is 4. The fourth-order valence-electron chi connectivity index (χ4n) is 1.68. The molecule has 0 unspecified atom stereocenters. The smallest absolute Gasteiger partial charge is 0.320 e. The summed E-state index contributed by atoms with van der Waals surface area (Å²) in [5, 5.41) is 3.64. The van der Waals surface area contributed by atoms with Gasteiger partial charge >= 0.3 is 5.97 Å². The lowest BCUT2D eigenvalue weighted by Crippen LogP contribution is -2.25. The number of esters is 1. The topological polar surface area (TPSA) is 51.2 Å². The fourth-order valence-corrected chi connectivity index (χ4v) is 2.19. The van der Waals surface area contributed by atoms with Crippen molar-refractivity contribution >= 4 is 29.2 Å². The number of unbranched alkanes of at least 4 members (excludes halogenated alkanes) is 3. The van der Waals surface area contributed by atoms with Gasteiger partial charge in [-0.05, 0) is 30.7 Å². The van der Waals surface area contributed by atoms with Gasteiger partial charge in [-0.3, -0.25) is 4.79 Å². The minimum atomic E-state index is -0.287. The molecule has 4 nitrogen and oxygen atoms in total. The Bertz CT molecular complexity index is 407. The maximum Gasteiger partial charge on any atom is 0.320 e. The number of nitrogens with one attached hydrogen (secondary N) is 1. The van der Waals surface area contributed by atoms with E-state index in [2.05, 4.69) is 17.2 Å². The lowest BCUT2D eigenvalue weighted by atomic mass is 10.2. The van der Waals surface area contributed by atoms with Gasteiger partial charge in [-0.25, -0.2) is 4.98 Å². The van der Waals surface area contributed by atoms with Gasteiger partial charge in [-0.15, -0.1) is 0 Å². The fraction of sp³-hybridized carbons (Fsp3) is 0.571. The van der Waals surface area contributed by atoms with Gasteiger partial charge in [0, 0.05) is 0 Å². The van der Waals surface area contributed by atoms with Crippen molar-refractivity contribution in [1.29, 1.82) is 0 Å². The van der Waals surface area contributed by atoms with Crippen molar-refractivity contribution in [2.24, 2.45) is 0 Å². The molecule has 0 aromatic carbocycles. The van der Waals surface area contributed by atoms with Gasteiger partial charge in [0.1, 0.15) is 16.9 Å². The molecule has 0 aliphatic heterocycles. The molecule has 1 aromatic rings. The Hall–Kier alpha value is -0.840. The molecule has 0 fully saturated rings. The Morgan fingerprint density at radius 3 is 2.60 bits per heavy atom. The molecule has 0 atom stereocenters. The molecule has 0 saturated carbocycles. The summed E-state index contributed by atoms with van der Waals surface area (Å²) in [4.78, 5) is 15.3. The number of carbonyl (C=O) groups is 1. The first-order chi connectivity index (χ1) is 9.61. The minimum Gasteiger partial charge on any atom is -0.460 e. The summed E-state index contributed by atoms with van der Waals surface area (Å²) < 4.78 is 5.12. The molecule has 0 amide bonds. The van der Waals surface area contributed by atoms with Crippen LogP contribution in [0.25, 0.3) is 0 Å². The van der Waals surface area contributed by atoms with E-state index in [1.807, 2.05) is 0 Å². The molecule has 6 heteroatoms. The van der Waals surface area contributed by atoms with Gasteiger partial charge in [0.2, 0.25) is 0 Å². The summed E-state index contributed by atoms with van der Waals surface area (Å²) in [5.41, 5.74) is 0.728. The number of hydrogen-bond donors (Lipinski definition) is 1. The van der Waals surface area contributed by atoms with Crippen LogP contribution < -0.4 is 5.32 Å². The van der Waals surface area contributed by atoms with Crippen molar-refractivity contribution < 1.29 is 9.53 Å². The standard InChI is InChI=1S/C14H20Cl2N2O2/c1-2-3-4-5-6-17-9-14(19)20-10-11-7-12(15)18-13(16)8-11/h7-8,17H,2-6,9-10H2,1H3. The summed E-state index contributed by atoms with van der Waals surface area (Å²) in [6.07, 6.45) is 4.71. The summed E-state index contributed by atoms with van der Waals surface area (Å²) in [7, 11) is 0. The van der Waals surface area contributed by atoms with Crippen LogP contribution in [0.1, 0.15) is 38.2 Å². The van der Waals surface area contributed by atoms with E-state index >= 15 is 0 Å². The van der Waals surface area contributed by atoms with Crippen molar-refractivity contribution in [2.75, 3.05) is 13.1 Å². The van der Waals surface area contributed by atoms with Gasteiger partial charge in [0.25, 0.3) is 0 Å². The number of rotatable bonds is 9. The highest BCUT2D eigenvalue weighted by molar-refractivity contribution is 6.32. The maximum atomic E-state index is 11.5. The predicted octanol–water partition coefficient (Wildman–Crippen LogP) is 3.60. The Balaban J connectivity index is 2.16. The van der Waals surface area contributed by atoms with E-state index in [4.69, 9.17) is 27.9 Å². The Morgan fingerprint density at radius 2 is 1.95 bits per heavy atom. The average molecular weight is 319 g/mol. The highest BCUT2D eigenvalue weighted by Gasteiger charge is 2.05. The number of halogens is 2. The van der Waals surface area contributed by atoms with Gasteiger partial charge in [0.15, 0.2) is 0 Å². The van der Waals surface area contributed by atoms with Crippen molar-refractivity contribution in [2.45, 2.75) is 39.2 Å². The van der Waals surface area contributed by atoms with Crippen LogP contribution in [-0.2, 0) is 16.1 Å². The van der Waals surface area contributed by atoms with E-state index in [9.17, 15) is 4.79 Å². The second-order valence-electron chi connectivity index (χ2n) is 4.52. The van der Waals surface area contributed by atoms with Crippen LogP contribution >= 0.6 is 23.2 Å². The van der Waals surface area contributed by atoms with E-state index in [-0.39, 0.29) is 29.4 Å². The molecule has 1 aromatic heterocycles. The quantitative estimate of drug-likeness (QED) is 0.429. The first-order valence-electron chi connectivity index (χ1n) is 6.80. The van der Waals surface area contributed by atoms with E-state index in [0.717, 1.165) is 18.5 Å².